The molecule has 1 atom stereocenters. The number of aromatic nitrogens is 1. The van der Waals surface area contributed by atoms with Gasteiger partial charge < -0.3 is 14.2 Å². The average molecular weight is 321 g/mol. The van der Waals surface area contributed by atoms with Crippen molar-refractivity contribution in [1.29, 1.82) is 0 Å². The molecule has 2 saturated heterocycles. The predicted molar refractivity (Wildman–Crippen MR) is 86.3 cm³/mol. The lowest BCUT2D eigenvalue weighted by Gasteiger charge is -2.35. The maximum Gasteiger partial charge on any atom is 0.222 e. The molecular weight excluding hydrogens is 294 g/mol. The molecule has 3 heterocycles. The molecule has 0 N–H and O–H groups in total. The van der Waals surface area contributed by atoms with Gasteiger partial charge in [0, 0.05) is 51.3 Å². The Kier molecular flexibility index (Phi) is 5.33. The van der Waals surface area contributed by atoms with Gasteiger partial charge in [-0.15, -0.1) is 0 Å². The third-order valence-corrected chi connectivity index (χ3v) is 4.98. The normalized spacial score (nSPS) is 22.7. The largest absolute Gasteiger partial charge is 0.377 e. The van der Waals surface area contributed by atoms with E-state index in [9.17, 15) is 4.79 Å². The van der Waals surface area contributed by atoms with Gasteiger partial charge in [-0.05, 0) is 33.1 Å². The number of ether oxygens (including phenoxy) is 1. The van der Waals surface area contributed by atoms with Crippen LogP contribution in [0.15, 0.2) is 4.52 Å². The third kappa shape index (κ3) is 4.12. The number of hydrogen-bond acceptors (Lipinski definition) is 5. The van der Waals surface area contributed by atoms with Gasteiger partial charge in [-0.1, -0.05) is 5.16 Å². The van der Waals surface area contributed by atoms with E-state index in [0.717, 1.165) is 62.8 Å². The summed E-state index contributed by atoms with van der Waals surface area (Å²) >= 11 is 0. The Morgan fingerprint density at radius 3 is 2.65 bits per heavy atom. The topological polar surface area (TPSA) is 58.8 Å². The van der Waals surface area contributed by atoms with E-state index >= 15 is 0 Å². The van der Waals surface area contributed by atoms with Crippen molar-refractivity contribution < 1.29 is 14.1 Å². The van der Waals surface area contributed by atoms with Crippen LogP contribution in [0.25, 0.3) is 0 Å². The number of piperazine rings is 1. The quantitative estimate of drug-likeness (QED) is 0.823. The van der Waals surface area contributed by atoms with Gasteiger partial charge in [-0.2, -0.15) is 0 Å². The molecular formula is C17H27N3O3. The molecule has 1 amide bonds. The van der Waals surface area contributed by atoms with E-state index in [1.54, 1.807) is 0 Å². The minimum Gasteiger partial charge on any atom is -0.377 e. The van der Waals surface area contributed by atoms with Crippen LogP contribution < -0.4 is 0 Å². The van der Waals surface area contributed by atoms with E-state index in [4.69, 9.17) is 9.26 Å². The highest BCUT2D eigenvalue weighted by Crippen LogP contribution is 2.17. The molecule has 0 aromatic carbocycles. The molecule has 0 spiro atoms. The zero-order valence-corrected chi connectivity index (χ0v) is 14.2. The Bertz CT molecular complexity index is 510. The second kappa shape index (κ2) is 7.45. The Morgan fingerprint density at radius 1 is 1.26 bits per heavy atom. The highest BCUT2D eigenvalue weighted by Gasteiger charge is 2.25. The van der Waals surface area contributed by atoms with Crippen molar-refractivity contribution in [2.24, 2.45) is 0 Å². The standard InChI is InChI=1S/C17H27N3O3/c1-13-16(14(2)23-18-13)5-6-17(21)20-9-7-19(8-10-20)12-15-4-3-11-22-15/h15H,3-12H2,1-2H3/t15-/m0/s1. The molecule has 2 aliphatic rings. The summed E-state index contributed by atoms with van der Waals surface area (Å²) in [5, 5.41) is 3.95. The molecule has 0 unspecified atom stereocenters. The highest BCUT2D eigenvalue weighted by atomic mass is 16.5. The first-order valence-electron chi connectivity index (χ1n) is 8.67. The van der Waals surface area contributed by atoms with E-state index in [2.05, 4.69) is 10.1 Å². The minimum atomic E-state index is 0.238. The van der Waals surface area contributed by atoms with Crippen LogP contribution in [0.1, 0.15) is 36.3 Å². The van der Waals surface area contributed by atoms with Crippen LogP contribution in [0.5, 0.6) is 0 Å². The van der Waals surface area contributed by atoms with Crippen LogP contribution in [-0.4, -0.2) is 66.3 Å². The van der Waals surface area contributed by atoms with E-state index in [1.807, 2.05) is 18.7 Å². The van der Waals surface area contributed by atoms with Crippen molar-refractivity contribution >= 4 is 5.91 Å². The van der Waals surface area contributed by atoms with Crippen LogP contribution in [0.2, 0.25) is 0 Å². The molecule has 128 valence electrons. The smallest absolute Gasteiger partial charge is 0.222 e. The molecule has 3 rings (SSSR count). The van der Waals surface area contributed by atoms with E-state index < -0.39 is 0 Å². The molecule has 23 heavy (non-hydrogen) atoms. The summed E-state index contributed by atoms with van der Waals surface area (Å²) in [5.41, 5.74) is 1.98. The van der Waals surface area contributed by atoms with Crippen molar-refractivity contribution in [2.45, 2.75) is 45.6 Å². The number of hydrogen-bond donors (Lipinski definition) is 0. The van der Waals surface area contributed by atoms with Gasteiger partial charge in [0.2, 0.25) is 5.91 Å². The lowest BCUT2D eigenvalue weighted by atomic mass is 10.1. The van der Waals surface area contributed by atoms with Crippen LogP contribution in [0.3, 0.4) is 0 Å². The van der Waals surface area contributed by atoms with Gasteiger partial charge in [0.25, 0.3) is 0 Å². The number of carbonyl (C=O) groups excluding carboxylic acids is 1. The summed E-state index contributed by atoms with van der Waals surface area (Å²) in [5.74, 6) is 1.07. The summed E-state index contributed by atoms with van der Waals surface area (Å²) in [6.45, 7) is 9.32. The molecule has 1 aromatic rings. The van der Waals surface area contributed by atoms with Crippen molar-refractivity contribution in [2.75, 3.05) is 39.3 Å². The number of amides is 1. The van der Waals surface area contributed by atoms with Crippen LogP contribution in [0.4, 0.5) is 0 Å². The summed E-state index contributed by atoms with van der Waals surface area (Å²) in [4.78, 5) is 16.8. The van der Waals surface area contributed by atoms with Crippen LogP contribution in [0, 0.1) is 13.8 Å². The lowest BCUT2D eigenvalue weighted by Crippen LogP contribution is -2.50. The molecule has 0 radical (unpaired) electrons. The SMILES string of the molecule is Cc1noc(C)c1CCC(=O)N1CCN(C[C@@H]2CCCO2)CC1. The fraction of sp³-hybridized carbons (Fsp3) is 0.765. The highest BCUT2D eigenvalue weighted by molar-refractivity contribution is 5.76. The number of rotatable bonds is 5. The fourth-order valence-electron chi connectivity index (χ4n) is 3.51. The van der Waals surface area contributed by atoms with Gasteiger partial charge >= 0.3 is 0 Å². The lowest BCUT2D eigenvalue weighted by molar-refractivity contribution is -0.133. The van der Waals surface area contributed by atoms with Gasteiger partial charge in [0.1, 0.15) is 5.76 Å². The Morgan fingerprint density at radius 2 is 2.04 bits per heavy atom. The maximum atomic E-state index is 12.4. The number of aryl methyl sites for hydroxylation is 2. The Balaban J connectivity index is 1.41. The Labute approximate surface area is 137 Å². The zero-order chi connectivity index (χ0) is 16.2. The molecule has 0 bridgehead atoms. The first-order chi connectivity index (χ1) is 11.1. The molecule has 0 saturated carbocycles. The molecule has 0 aliphatic carbocycles. The zero-order valence-electron chi connectivity index (χ0n) is 14.2. The van der Waals surface area contributed by atoms with E-state index in [1.165, 1.54) is 12.8 Å². The van der Waals surface area contributed by atoms with E-state index in [0.29, 0.717) is 12.5 Å². The third-order valence-electron chi connectivity index (χ3n) is 4.98. The maximum absolute atomic E-state index is 12.4. The van der Waals surface area contributed by atoms with Gasteiger partial charge in [0.05, 0.1) is 11.8 Å². The molecule has 2 aliphatic heterocycles. The second-order valence-corrected chi connectivity index (χ2v) is 6.62. The van der Waals surface area contributed by atoms with Crippen LogP contribution in [-0.2, 0) is 16.0 Å². The number of carbonyl (C=O) groups is 1. The monoisotopic (exact) mass is 321 g/mol. The van der Waals surface area contributed by atoms with Gasteiger partial charge in [-0.25, -0.2) is 0 Å². The number of nitrogens with zero attached hydrogens (tertiary/aromatic N) is 3. The minimum absolute atomic E-state index is 0.238. The summed E-state index contributed by atoms with van der Waals surface area (Å²) in [6.07, 6.45) is 4.02. The first kappa shape index (κ1) is 16.5. The van der Waals surface area contributed by atoms with Crippen molar-refractivity contribution in [3.05, 3.63) is 17.0 Å². The molecule has 2 fully saturated rings. The first-order valence-corrected chi connectivity index (χ1v) is 8.67. The van der Waals surface area contributed by atoms with Crippen molar-refractivity contribution in [1.82, 2.24) is 15.0 Å². The molecule has 6 heteroatoms. The molecule has 6 nitrogen and oxygen atoms in total. The van der Waals surface area contributed by atoms with Crippen molar-refractivity contribution in [3.8, 4) is 0 Å². The van der Waals surface area contributed by atoms with Gasteiger partial charge in [0.15, 0.2) is 0 Å². The van der Waals surface area contributed by atoms with Crippen molar-refractivity contribution in [3.63, 3.8) is 0 Å². The summed E-state index contributed by atoms with van der Waals surface area (Å²) in [7, 11) is 0. The van der Waals surface area contributed by atoms with Crippen LogP contribution >= 0.6 is 0 Å². The predicted octanol–water partition coefficient (Wildman–Crippen LogP) is 1.55. The average Bonchev–Trinajstić information content (AvgIpc) is 3.17. The van der Waals surface area contributed by atoms with Gasteiger partial charge in [-0.3, -0.25) is 9.69 Å². The fourth-order valence-corrected chi connectivity index (χ4v) is 3.51. The summed E-state index contributed by atoms with van der Waals surface area (Å²) < 4.78 is 10.9. The molecule has 1 aromatic heterocycles. The second-order valence-electron chi connectivity index (χ2n) is 6.62. The Hall–Kier alpha value is -1.40. The van der Waals surface area contributed by atoms with E-state index in [-0.39, 0.29) is 5.91 Å². The summed E-state index contributed by atoms with van der Waals surface area (Å²) in [6, 6.07) is 0.